The Hall–Kier alpha value is -0.610. The minimum atomic E-state index is 0.271. The summed E-state index contributed by atoms with van der Waals surface area (Å²) in [6.07, 6.45) is 5.39. The van der Waals surface area contributed by atoms with Crippen LogP contribution in [0.5, 0.6) is 0 Å². The molecule has 1 saturated heterocycles. The van der Waals surface area contributed by atoms with E-state index in [0.717, 1.165) is 32.1 Å². The van der Waals surface area contributed by atoms with Crippen LogP contribution in [0, 0.1) is 5.92 Å². The minimum absolute atomic E-state index is 0.271. The van der Waals surface area contributed by atoms with E-state index >= 15 is 0 Å². The van der Waals surface area contributed by atoms with E-state index < -0.39 is 0 Å². The highest BCUT2D eigenvalue weighted by molar-refractivity contribution is 5.78. The van der Waals surface area contributed by atoms with E-state index in [1.807, 2.05) is 4.90 Å². The van der Waals surface area contributed by atoms with E-state index in [9.17, 15) is 4.79 Å². The Balaban J connectivity index is 1.67. The first-order chi connectivity index (χ1) is 8.66. The van der Waals surface area contributed by atoms with E-state index in [-0.39, 0.29) is 5.91 Å². The van der Waals surface area contributed by atoms with Crippen LogP contribution in [0.1, 0.15) is 32.6 Å². The van der Waals surface area contributed by atoms with Gasteiger partial charge in [-0.15, -0.1) is 0 Å². The van der Waals surface area contributed by atoms with Crippen molar-refractivity contribution in [1.29, 1.82) is 0 Å². The van der Waals surface area contributed by atoms with Crippen LogP contribution in [0.4, 0.5) is 0 Å². The highest BCUT2D eigenvalue weighted by atomic mass is 16.2. The lowest BCUT2D eigenvalue weighted by Gasteiger charge is -2.33. The Morgan fingerprint density at radius 3 is 2.44 bits per heavy atom. The van der Waals surface area contributed by atoms with Crippen LogP contribution in [-0.4, -0.2) is 61.5 Å². The first-order valence-electron chi connectivity index (χ1n) is 7.36. The van der Waals surface area contributed by atoms with Gasteiger partial charge in [0, 0.05) is 32.2 Å². The molecule has 0 aromatic heterocycles. The van der Waals surface area contributed by atoms with Crippen molar-refractivity contribution in [3.8, 4) is 0 Å². The molecule has 4 heteroatoms. The zero-order valence-corrected chi connectivity index (χ0v) is 11.8. The molecule has 0 spiro atoms. The van der Waals surface area contributed by atoms with Crippen molar-refractivity contribution in [2.75, 3.05) is 39.8 Å². The van der Waals surface area contributed by atoms with Crippen LogP contribution in [-0.2, 0) is 4.79 Å². The third kappa shape index (κ3) is 3.69. The van der Waals surface area contributed by atoms with Gasteiger partial charge in [0.15, 0.2) is 0 Å². The first-order valence-corrected chi connectivity index (χ1v) is 7.36. The lowest BCUT2D eigenvalue weighted by molar-refractivity contribution is -0.131. The van der Waals surface area contributed by atoms with Gasteiger partial charge in [-0.2, -0.15) is 0 Å². The van der Waals surface area contributed by atoms with E-state index in [2.05, 4.69) is 24.2 Å². The Kier molecular flexibility index (Phi) is 5.01. The normalized spacial score (nSPS) is 24.4. The van der Waals surface area contributed by atoms with Gasteiger partial charge in [-0.25, -0.2) is 0 Å². The molecule has 1 heterocycles. The van der Waals surface area contributed by atoms with E-state index in [4.69, 9.17) is 0 Å². The minimum Gasteiger partial charge on any atom is -0.339 e. The maximum Gasteiger partial charge on any atom is 0.236 e. The highest BCUT2D eigenvalue weighted by Crippen LogP contribution is 2.27. The molecule has 0 bridgehead atoms. The van der Waals surface area contributed by atoms with Crippen LogP contribution < -0.4 is 5.32 Å². The topological polar surface area (TPSA) is 35.6 Å². The molecule has 2 rings (SSSR count). The van der Waals surface area contributed by atoms with Crippen LogP contribution in [0.3, 0.4) is 0 Å². The lowest BCUT2D eigenvalue weighted by atomic mass is 10.00. The summed E-state index contributed by atoms with van der Waals surface area (Å²) in [5.41, 5.74) is 0. The number of nitrogens with zero attached hydrogens (tertiary/aromatic N) is 2. The molecule has 1 aliphatic heterocycles. The number of rotatable bonds is 4. The summed E-state index contributed by atoms with van der Waals surface area (Å²) < 4.78 is 0. The quantitative estimate of drug-likeness (QED) is 0.809. The summed E-state index contributed by atoms with van der Waals surface area (Å²) in [7, 11) is 2.11. The number of nitrogens with one attached hydrogen (secondary N) is 1. The molecule has 1 aliphatic carbocycles. The summed E-state index contributed by atoms with van der Waals surface area (Å²) in [6.45, 7) is 6.52. The highest BCUT2D eigenvalue weighted by Gasteiger charge is 2.23. The standard InChI is InChI=1S/C14H27N3O/c1-12(13-5-3-4-6-13)15-11-14(18)17-9-7-16(2)8-10-17/h12-13,15H,3-11H2,1-2H3/t12-/m0/s1. The first kappa shape index (κ1) is 13.8. The van der Waals surface area contributed by atoms with Crippen molar-refractivity contribution in [1.82, 2.24) is 15.1 Å². The van der Waals surface area contributed by atoms with Gasteiger partial charge < -0.3 is 15.1 Å². The fourth-order valence-electron chi connectivity index (χ4n) is 3.04. The molecule has 4 nitrogen and oxygen atoms in total. The molecule has 2 aliphatic rings. The molecular weight excluding hydrogens is 226 g/mol. The molecule has 0 aromatic carbocycles. The van der Waals surface area contributed by atoms with Crippen LogP contribution >= 0.6 is 0 Å². The summed E-state index contributed by atoms with van der Waals surface area (Å²) in [5, 5.41) is 3.43. The van der Waals surface area contributed by atoms with Gasteiger partial charge >= 0.3 is 0 Å². The molecule has 0 unspecified atom stereocenters. The van der Waals surface area contributed by atoms with Crippen LogP contribution in [0.2, 0.25) is 0 Å². The molecule has 2 fully saturated rings. The second-order valence-electron chi connectivity index (χ2n) is 5.90. The third-order valence-corrected chi connectivity index (χ3v) is 4.54. The van der Waals surface area contributed by atoms with Crippen molar-refractivity contribution < 1.29 is 4.79 Å². The van der Waals surface area contributed by atoms with Gasteiger partial charge in [0.25, 0.3) is 0 Å². The number of carbonyl (C=O) groups excluding carboxylic acids is 1. The van der Waals surface area contributed by atoms with Gasteiger partial charge in [-0.3, -0.25) is 4.79 Å². The van der Waals surface area contributed by atoms with Gasteiger partial charge in [-0.05, 0) is 32.7 Å². The number of piperazine rings is 1. The van der Waals surface area contributed by atoms with Crippen LogP contribution in [0.25, 0.3) is 0 Å². The van der Waals surface area contributed by atoms with Gasteiger partial charge in [-0.1, -0.05) is 12.8 Å². The predicted octanol–water partition coefficient (Wildman–Crippen LogP) is 0.929. The zero-order chi connectivity index (χ0) is 13.0. The molecule has 104 valence electrons. The smallest absolute Gasteiger partial charge is 0.236 e. The Bertz CT molecular complexity index is 268. The molecular formula is C14H27N3O. The average Bonchev–Trinajstić information content (AvgIpc) is 2.90. The largest absolute Gasteiger partial charge is 0.339 e. The van der Waals surface area contributed by atoms with Crippen molar-refractivity contribution in [3.05, 3.63) is 0 Å². The molecule has 18 heavy (non-hydrogen) atoms. The number of likely N-dealkylation sites (N-methyl/N-ethyl adjacent to an activating group) is 1. The summed E-state index contributed by atoms with van der Waals surface area (Å²) >= 11 is 0. The van der Waals surface area contributed by atoms with Crippen molar-refractivity contribution in [2.24, 2.45) is 5.92 Å². The lowest BCUT2D eigenvalue weighted by Crippen LogP contribution is -2.50. The van der Waals surface area contributed by atoms with E-state index in [1.165, 1.54) is 25.7 Å². The number of hydrogen-bond donors (Lipinski definition) is 1. The molecule has 1 atom stereocenters. The summed E-state index contributed by atoms with van der Waals surface area (Å²) in [4.78, 5) is 16.3. The second-order valence-corrected chi connectivity index (χ2v) is 5.90. The predicted molar refractivity (Wildman–Crippen MR) is 73.5 cm³/mol. The number of hydrogen-bond acceptors (Lipinski definition) is 3. The molecule has 0 radical (unpaired) electrons. The summed E-state index contributed by atoms with van der Waals surface area (Å²) in [6, 6.07) is 0.490. The summed E-state index contributed by atoms with van der Waals surface area (Å²) in [5.74, 6) is 1.05. The fraction of sp³-hybridized carbons (Fsp3) is 0.929. The second kappa shape index (κ2) is 6.53. The van der Waals surface area contributed by atoms with E-state index in [0.29, 0.717) is 12.6 Å². The number of carbonyl (C=O) groups is 1. The van der Waals surface area contributed by atoms with Gasteiger partial charge in [0.1, 0.15) is 0 Å². The van der Waals surface area contributed by atoms with Gasteiger partial charge in [0.2, 0.25) is 5.91 Å². The van der Waals surface area contributed by atoms with Crippen LogP contribution in [0.15, 0.2) is 0 Å². The zero-order valence-electron chi connectivity index (χ0n) is 11.8. The SMILES string of the molecule is C[C@H](NCC(=O)N1CCN(C)CC1)C1CCCC1. The Morgan fingerprint density at radius 2 is 1.83 bits per heavy atom. The van der Waals surface area contributed by atoms with Crippen molar-refractivity contribution in [3.63, 3.8) is 0 Å². The van der Waals surface area contributed by atoms with Crippen molar-refractivity contribution >= 4 is 5.91 Å². The average molecular weight is 253 g/mol. The maximum atomic E-state index is 12.1. The number of amides is 1. The molecule has 1 saturated carbocycles. The molecule has 1 amide bonds. The fourth-order valence-corrected chi connectivity index (χ4v) is 3.04. The molecule has 1 N–H and O–H groups in total. The molecule has 0 aromatic rings. The Labute approximate surface area is 111 Å². The third-order valence-electron chi connectivity index (χ3n) is 4.54. The van der Waals surface area contributed by atoms with E-state index in [1.54, 1.807) is 0 Å². The Morgan fingerprint density at radius 1 is 1.22 bits per heavy atom. The van der Waals surface area contributed by atoms with Crippen molar-refractivity contribution in [2.45, 2.75) is 38.6 Å². The monoisotopic (exact) mass is 253 g/mol. The maximum absolute atomic E-state index is 12.1. The van der Waals surface area contributed by atoms with Gasteiger partial charge in [0.05, 0.1) is 6.54 Å².